The molecule has 0 saturated heterocycles. The summed E-state index contributed by atoms with van der Waals surface area (Å²) in [7, 11) is 0. The van der Waals surface area contributed by atoms with E-state index in [9.17, 15) is 14.0 Å². The van der Waals surface area contributed by atoms with E-state index in [4.69, 9.17) is 5.73 Å². The molecular weight excluding hydrogens is 327 g/mol. The molecule has 2 aromatic carbocycles. The van der Waals surface area contributed by atoms with Gasteiger partial charge in [0.15, 0.2) is 0 Å². The number of carbonyl (C=O) groups is 2. The van der Waals surface area contributed by atoms with Gasteiger partial charge in [0.25, 0.3) is 11.8 Å². The molecule has 0 aliphatic carbocycles. The van der Waals surface area contributed by atoms with Crippen LogP contribution in [0, 0.1) is 5.82 Å². The van der Waals surface area contributed by atoms with Crippen molar-refractivity contribution < 1.29 is 14.0 Å². The summed E-state index contributed by atoms with van der Waals surface area (Å²) in [5.41, 5.74) is 5.48. The molecule has 4 nitrogen and oxygen atoms in total. The van der Waals surface area contributed by atoms with Gasteiger partial charge in [-0.25, -0.2) is 4.39 Å². The lowest BCUT2D eigenvalue weighted by molar-refractivity contribution is 0.100. The molecule has 102 valence electrons. The normalized spacial score (nSPS) is 10.1. The number of halogens is 2. The number of amides is 2. The zero-order valence-electron chi connectivity index (χ0n) is 10.2. The van der Waals surface area contributed by atoms with Crippen LogP contribution >= 0.6 is 15.9 Å². The third-order valence-electron chi connectivity index (χ3n) is 2.63. The number of rotatable bonds is 3. The molecule has 0 saturated carbocycles. The molecule has 0 atom stereocenters. The standard InChI is InChI=1S/C14H10BrFN2O2/c15-9-5-3-6-10(16)12(9)14(20)18-11-7-2-1-4-8(11)13(17)19/h1-7H,(H2,17,19)(H,18,20). The Morgan fingerprint density at radius 3 is 2.45 bits per heavy atom. The summed E-state index contributed by atoms with van der Waals surface area (Å²) in [6.45, 7) is 0. The van der Waals surface area contributed by atoms with Crippen LogP contribution in [0.15, 0.2) is 46.9 Å². The van der Waals surface area contributed by atoms with E-state index < -0.39 is 17.6 Å². The number of nitrogens with two attached hydrogens (primary N) is 1. The van der Waals surface area contributed by atoms with Gasteiger partial charge in [0, 0.05) is 4.47 Å². The number of benzene rings is 2. The molecule has 6 heteroatoms. The van der Waals surface area contributed by atoms with Crippen molar-refractivity contribution in [2.45, 2.75) is 0 Å². The summed E-state index contributed by atoms with van der Waals surface area (Å²) in [6.07, 6.45) is 0. The Balaban J connectivity index is 2.36. The van der Waals surface area contributed by atoms with Gasteiger partial charge in [0.2, 0.25) is 0 Å². The predicted molar refractivity (Wildman–Crippen MR) is 77.0 cm³/mol. The first kappa shape index (κ1) is 14.2. The molecule has 0 radical (unpaired) electrons. The van der Waals surface area contributed by atoms with Crippen LogP contribution in [0.2, 0.25) is 0 Å². The van der Waals surface area contributed by atoms with Crippen LogP contribution in [0.5, 0.6) is 0 Å². The molecular formula is C14H10BrFN2O2. The highest BCUT2D eigenvalue weighted by molar-refractivity contribution is 9.10. The van der Waals surface area contributed by atoms with Crippen LogP contribution < -0.4 is 11.1 Å². The molecule has 0 aliphatic heterocycles. The fraction of sp³-hybridized carbons (Fsp3) is 0. The second-order valence-electron chi connectivity index (χ2n) is 3.96. The Morgan fingerprint density at radius 1 is 1.10 bits per heavy atom. The number of hydrogen-bond donors (Lipinski definition) is 2. The first-order valence-corrected chi connectivity index (χ1v) is 6.44. The fourth-order valence-corrected chi connectivity index (χ4v) is 2.23. The third kappa shape index (κ3) is 2.85. The first-order valence-electron chi connectivity index (χ1n) is 5.65. The van der Waals surface area contributed by atoms with Gasteiger partial charge in [0.1, 0.15) is 5.82 Å². The maximum Gasteiger partial charge on any atom is 0.259 e. The minimum Gasteiger partial charge on any atom is -0.366 e. The number of carbonyl (C=O) groups excluding carboxylic acids is 2. The van der Waals surface area contributed by atoms with Gasteiger partial charge in [-0.05, 0) is 40.2 Å². The molecule has 0 heterocycles. The maximum absolute atomic E-state index is 13.7. The maximum atomic E-state index is 13.7. The first-order chi connectivity index (χ1) is 9.50. The molecule has 0 aliphatic rings. The van der Waals surface area contributed by atoms with Crippen LogP contribution in [0.4, 0.5) is 10.1 Å². The van der Waals surface area contributed by atoms with E-state index in [1.165, 1.54) is 24.3 Å². The quantitative estimate of drug-likeness (QED) is 0.904. The fourth-order valence-electron chi connectivity index (χ4n) is 1.71. The van der Waals surface area contributed by atoms with Crippen molar-refractivity contribution in [3.8, 4) is 0 Å². The van der Waals surface area contributed by atoms with Crippen molar-refractivity contribution in [2.75, 3.05) is 5.32 Å². The largest absolute Gasteiger partial charge is 0.366 e. The molecule has 0 aromatic heterocycles. The van der Waals surface area contributed by atoms with E-state index in [-0.39, 0.29) is 16.8 Å². The van der Waals surface area contributed by atoms with Crippen LogP contribution in [0.1, 0.15) is 20.7 Å². The summed E-state index contributed by atoms with van der Waals surface area (Å²) in [4.78, 5) is 23.4. The van der Waals surface area contributed by atoms with Crippen molar-refractivity contribution in [3.05, 3.63) is 63.9 Å². The summed E-state index contributed by atoms with van der Waals surface area (Å²) in [6, 6.07) is 10.5. The van der Waals surface area contributed by atoms with Crippen molar-refractivity contribution >= 4 is 33.4 Å². The van der Waals surface area contributed by atoms with E-state index in [1.54, 1.807) is 18.2 Å². The van der Waals surface area contributed by atoms with Crippen LogP contribution in [0.25, 0.3) is 0 Å². The lowest BCUT2D eigenvalue weighted by Gasteiger charge is -2.10. The van der Waals surface area contributed by atoms with Gasteiger partial charge < -0.3 is 11.1 Å². The molecule has 0 fully saturated rings. The van der Waals surface area contributed by atoms with Crippen molar-refractivity contribution in [1.29, 1.82) is 0 Å². The second-order valence-corrected chi connectivity index (χ2v) is 4.81. The number of para-hydroxylation sites is 1. The molecule has 0 bridgehead atoms. The molecule has 20 heavy (non-hydrogen) atoms. The lowest BCUT2D eigenvalue weighted by atomic mass is 10.1. The molecule has 0 unspecified atom stereocenters. The van der Waals surface area contributed by atoms with Gasteiger partial charge in [0.05, 0.1) is 16.8 Å². The number of nitrogens with one attached hydrogen (secondary N) is 1. The van der Waals surface area contributed by atoms with E-state index in [0.717, 1.165) is 0 Å². The Bertz CT molecular complexity index is 668. The Morgan fingerprint density at radius 2 is 1.80 bits per heavy atom. The molecule has 0 spiro atoms. The lowest BCUT2D eigenvalue weighted by Crippen LogP contribution is -2.19. The molecule has 3 N–H and O–H groups in total. The third-order valence-corrected chi connectivity index (χ3v) is 3.29. The van der Waals surface area contributed by atoms with E-state index in [0.29, 0.717) is 4.47 Å². The van der Waals surface area contributed by atoms with Gasteiger partial charge >= 0.3 is 0 Å². The monoisotopic (exact) mass is 336 g/mol. The Kier molecular flexibility index (Phi) is 4.14. The molecule has 2 aromatic rings. The van der Waals surface area contributed by atoms with E-state index in [1.807, 2.05) is 0 Å². The Labute approximate surface area is 122 Å². The zero-order chi connectivity index (χ0) is 14.7. The summed E-state index contributed by atoms with van der Waals surface area (Å²) >= 11 is 3.12. The van der Waals surface area contributed by atoms with E-state index >= 15 is 0 Å². The highest BCUT2D eigenvalue weighted by Gasteiger charge is 2.17. The topological polar surface area (TPSA) is 72.2 Å². The van der Waals surface area contributed by atoms with Crippen LogP contribution in [0.3, 0.4) is 0 Å². The van der Waals surface area contributed by atoms with Crippen molar-refractivity contribution in [2.24, 2.45) is 5.73 Å². The van der Waals surface area contributed by atoms with Crippen LogP contribution in [-0.2, 0) is 0 Å². The highest BCUT2D eigenvalue weighted by Crippen LogP contribution is 2.22. The highest BCUT2D eigenvalue weighted by atomic mass is 79.9. The number of hydrogen-bond acceptors (Lipinski definition) is 2. The minimum absolute atomic E-state index is 0.133. The minimum atomic E-state index is -0.673. The molecule has 2 rings (SSSR count). The van der Waals surface area contributed by atoms with Gasteiger partial charge in [-0.2, -0.15) is 0 Å². The number of anilines is 1. The Hall–Kier alpha value is -2.21. The summed E-state index contributed by atoms with van der Waals surface area (Å²) < 4.78 is 14.0. The average molecular weight is 337 g/mol. The van der Waals surface area contributed by atoms with Crippen LogP contribution in [-0.4, -0.2) is 11.8 Å². The molecule has 2 amide bonds. The number of primary amides is 1. The SMILES string of the molecule is NC(=O)c1ccccc1NC(=O)c1c(F)cccc1Br. The zero-order valence-corrected chi connectivity index (χ0v) is 11.8. The van der Waals surface area contributed by atoms with Crippen molar-refractivity contribution in [1.82, 2.24) is 0 Å². The van der Waals surface area contributed by atoms with Crippen molar-refractivity contribution in [3.63, 3.8) is 0 Å². The van der Waals surface area contributed by atoms with Gasteiger partial charge in [-0.1, -0.05) is 18.2 Å². The smallest absolute Gasteiger partial charge is 0.259 e. The summed E-state index contributed by atoms with van der Waals surface area (Å²) in [5, 5.41) is 2.48. The van der Waals surface area contributed by atoms with E-state index in [2.05, 4.69) is 21.2 Å². The summed E-state index contributed by atoms with van der Waals surface area (Å²) in [5.74, 6) is -1.99. The predicted octanol–water partition coefficient (Wildman–Crippen LogP) is 2.94. The van der Waals surface area contributed by atoms with Gasteiger partial charge in [-0.15, -0.1) is 0 Å². The average Bonchev–Trinajstić information content (AvgIpc) is 2.38. The van der Waals surface area contributed by atoms with Gasteiger partial charge in [-0.3, -0.25) is 9.59 Å². The second kappa shape index (κ2) is 5.83.